The Balaban J connectivity index is 1.45. The minimum atomic E-state index is -0.353. The number of rotatable bonds is 7. The fourth-order valence-corrected chi connectivity index (χ4v) is 3.42. The Morgan fingerprint density at radius 2 is 1.76 bits per heavy atom. The molecule has 0 aliphatic rings. The molecule has 29 heavy (non-hydrogen) atoms. The van der Waals surface area contributed by atoms with Crippen LogP contribution >= 0.6 is 11.8 Å². The van der Waals surface area contributed by atoms with Gasteiger partial charge in [-0.15, -0.1) is 0 Å². The molecule has 0 spiro atoms. The quantitative estimate of drug-likeness (QED) is 0.328. The van der Waals surface area contributed by atoms with Crippen molar-refractivity contribution in [2.24, 2.45) is 0 Å². The van der Waals surface area contributed by atoms with Gasteiger partial charge in [-0.2, -0.15) is 11.8 Å². The molecule has 0 atom stereocenters. The Hall–Kier alpha value is -3.32. The van der Waals surface area contributed by atoms with Gasteiger partial charge in [-0.3, -0.25) is 0 Å². The van der Waals surface area contributed by atoms with Crippen LogP contribution in [0.15, 0.2) is 72.9 Å². The molecular formula is C22H19N3O3S. The second-order valence-electron chi connectivity index (χ2n) is 6.25. The first-order valence-electron chi connectivity index (χ1n) is 9.05. The van der Waals surface area contributed by atoms with Crippen LogP contribution in [-0.4, -0.2) is 26.8 Å². The average Bonchev–Trinajstić information content (AvgIpc) is 3.08. The van der Waals surface area contributed by atoms with Gasteiger partial charge in [-0.25, -0.2) is 14.8 Å². The summed E-state index contributed by atoms with van der Waals surface area (Å²) in [7, 11) is 0. The molecular weight excluding hydrogens is 386 g/mol. The molecule has 0 saturated heterocycles. The number of aromatic nitrogens is 3. The first-order chi connectivity index (χ1) is 14.2. The summed E-state index contributed by atoms with van der Waals surface area (Å²) in [6, 6.07) is 20.1. The van der Waals surface area contributed by atoms with Crippen molar-refractivity contribution in [1.82, 2.24) is 14.5 Å². The van der Waals surface area contributed by atoms with Crippen LogP contribution < -0.4 is 9.47 Å². The molecule has 0 fully saturated rings. The van der Waals surface area contributed by atoms with Gasteiger partial charge in [0.2, 0.25) is 5.88 Å². The Morgan fingerprint density at radius 1 is 1.00 bits per heavy atom. The molecule has 0 bridgehead atoms. The number of nitrogens with zero attached hydrogens (tertiary/aromatic N) is 3. The molecule has 0 unspecified atom stereocenters. The summed E-state index contributed by atoms with van der Waals surface area (Å²) in [6.45, 7) is 0.0998. The van der Waals surface area contributed by atoms with E-state index >= 15 is 0 Å². The number of ether oxygens (including phenoxy) is 2. The van der Waals surface area contributed by atoms with Gasteiger partial charge in [0.25, 0.3) is 0 Å². The van der Waals surface area contributed by atoms with Crippen LogP contribution in [0.5, 0.6) is 17.4 Å². The Kier molecular flexibility index (Phi) is 5.76. The molecule has 2 aromatic carbocycles. The highest BCUT2D eigenvalue weighted by Crippen LogP contribution is 2.23. The van der Waals surface area contributed by atoms with Gasteiger partial charge in [0, 0.05) is 12.3 Å². The lowest BCUT2D eigenvalue weighted by atomic mass is 10.3. The van der Waals surface area contributed by atoms with Crippen LogP contribution in [0.4, 0.5) is 0 Å². The highest BCUT2D eigenvalue weighted by atomic mass is 32.2. The number of benzene rings is 2. The third-order valence-corrected chi connectivity index (χ3v) is 4.76. The van der Waals surface area contributed by atoms with E-state index in [-0.39, 0.29) is 12.5 Å². The molecule has 6 nitrogen and oxygen atoms in total. The van der Waals surface area contributed by atoms with E-state index in [1.165, 1.54) is 0 Å². The van der Waals surface area contributed by atoms with Crippen LogP contribution in [0.25, 0.3) is 11.0 Å². The number of hydrogen-bond acceptors (Lipinski definition) is 6. The summed E-state index contributed by atoms with van der Waals surface area (Å²) >= 11 is 1.66. The van der Waals surface area contributed by atoms with Crippen LogP contribution in [0.1, 0.15) is 5.82 Å². The van der Waals surface area contributed by atoms with Gasteiger partial charge < -0.3 is 14.0 Å². The number of thioether (sulfide) groups is 1. The highest BCUT2D eigenvalue weighted by molar-refractivity contribution is 7.97. The molecule has 0 amide bonds. The zero-order chi connectivity index (χ0) is 20.1. The van der Waals surface area contributed by atoms with Crippen LogP contribution in [0.2, 0.25) is 0 Å². The van der Waals surface area contributed by atoms with Crippen molar-refractivity contribution in [1.29, 1.82) is 0 Å². The Morgan fingerprint density at radius 3 is 2.52 bits per heavy atom. The molecule has 0 aliphatic carbocycles. The van der Waals surface area contributed by atoms with Gasteiger partial charge in [-0.1, -0.05) is 18.2 Å². The minimum Gasteiger partial charge on any atom is -0.439 e. The number of para-hydroxylation sites is 2. The van der Waals surface area contributed by atoms with Crippen molar-refractivity contribution in [3.8, 4) is 17.4 Å². The Bertz CT molecular complexity index is 1110. The van der Waals surface area contributed by atoms with E-state index in [2.05, 4.69) is 9.97 Å². The van der Waals surface area contributed by atoms with Crippen LogP contribution in [0, 0.1) is 0 Å². The number of carbonyl (C=O) groups excluding carboxylic acids is 1. The number of carbonyl (C=O) groups is 1. The maximum atomic E-state index is 12.5. The van der Waals surface area contributed by atoms with Gasteiger partial charge in [-0.05, 0) is 48.7 Å². The zero-order valence-corrected chi connectivity index (χ0v) is 16.6. The SMILES string of the molecule is CSCc1nc2ccccc2n1CC(=O)Oc1ccc(Oc2ccccn2)cc1. The second kappa shape index (κ2) is 8.79. The molecule has 4 rings (SSSR count). The molecule has 4 aromatic rings. The molecule has 0 saturated carbocycles. The fourth-order valence-electron chi connectivity index (χ4n) is 2.94. The predicted molar refractivity (Wildman–Crippen MR) is 113 cm³/mol. The summed E-state index contributed by atoms with van der Waals surface area (Å²) in [4.78, 5) is 21.3. The first kappa shape index (κ1) is 19.0. The number of fused-ring (bicyclic) bond motifs is 1. The summed E-state index contributed by atoms with van der Waals surface area (Å²) in [6.07, 6.45) is 3.67. The third-order valence-electron chi connectivity index (χ3n) is 4.21. The maximum Gasteiger partial charge on any atom is 0.331 e. The zero-order valence-electron chi connectivity index (χ0n) is 15.8. The molecule has 0 aliphatic heterocycles. The third kappa shape index (κ3) is 4.57. The number of imidazole rings is 1. The maximum absolute atomic E-state index is 12.5. The standard InChI is InChI=1S/C22H19N3O3S/c1-29-15-20-24-18-6-2-3-7-19(18)25(20)14-22(26)28-17-11-9-16(10-12-17)27-21-8-4-5-13-23-21/h2-13H,14-15H2,1H3. The second-order valence-corrected chi connectivity index (χ2v) is 7.12. The van der Waals surface area contributed by atoms with E-state index in [0.717, 1.165) is 22.6 Å². The summed E-state index contributed by atoms with van der Waals surface area (Å²) in [5.74, 6) is 2.81. The summed E-state index contributed by atoms with van der Waals surface area (Å²) < 4.78 is 13.1. The molecule has 2 heterocycles. The topological polar surface area (TPSA) is 66.2 Å². The molecule has 7 heteroatoms. The van der Waals surface area contributed by atoms with E-state index in [1.54, 1.807) is 48.3 Å². The number of pyridine rings is 1. The van der Waals surface area contributed by atoms with Crippen molar-refractivity contribution in [3.05, 3.63) is 78.8 Å². The van der Waals surface area contributed by atoms with Crippen LogP contribution in [-0.2, 0) is 17.1 Å². The highest BCUT2D eigenvalue weighted by Gasteiger charge is 2.14. The average molecular weight is 405 g/mol. The van der Waals surface area contributed by atoms with Gasteiger partial charge in [0.05, 0.1) is 16.8 Å². The lowest BCUT2D eigenvalue weighted by molar-refractivity contribution is -0.135. The van der Waals surface area contributed by atoms with Crippen molar-refractivity contribution >= 4 is 28.8 Å². The van der Waals surface area contributed by atoms with Crippen molar-refractivity contribution in [2.75, 3.05) is 6.26 Å². The predicted octanol–water partition coefficient (Wildman–Crippen LogP) is 4.69. The monoisotopic (exact) mass is 405 g/mol. The normalized spacial score (nSPS) is 10.8. The Labute approximate surface area is 172 Å². The van der Waals surface area contributed by atoms with Crippen LogP contribution in [0.3, 0.4) is 0 Å². The van der Waals surface area contributed by atoms with Gasteiger partial charge in [0.1, 0.15) is 23.9 Å². The lowest BCUT2D eigenvalue weighted by Crippen LogP contribution is -2.17. The van der Waals surface area contributed by atoms with E-state index in [9.17, 15) is 4.79 Å². The van der Waals surface area contributed by atoms with Crippen molar-refractivity contribution in [2.45, 2.75) is 12.3 Å². The minimum absolute atomic E-state index is 0.0998. The van der Waals surface area contributed by atoms with E-state index < -0.39 is 0 Å². The molecule has 0 radical (unpaired) electrons. The van der Waals surface area contributed by atoms with Gasteiger partial charge in [0.15, 0.2) is 0 Å². The fraction of sp³-hybridized carbons (Fsp3) is 0.136. The molecule has 0 N–H and O–H groups in total. The smallest absolute Gasteiger partial charge is 0.331 e. The summed E-state index contributed by atoms with van der Waals surface area (Å²) in [5, 5.41) is 0. The van der Waals surface area contributed by atoms with E-state index in [1.807, 2.05) is 47.2 Å². The van der Waals surface area contributed by atoms with Crippen molar-refractivity contribution < 1.29 is 14.3 Å². The van der Waals surface area contributed by atoms with Gasteiger partial charge >= 0.3 is 5.97 Å². The van der Waals surface area contributed by atoms with E-state index in [4.69, 9.17) is 9.47 Å². The first-order valence-corrected chi connectivity index (χ1v) is 10.4. The van der Waals surface area contributed by atoms with E-state index in [0.29, 0.717) is 17.4 Å². The summed E-state index contributed by atoms with van der Waals surface area (Å²) in [5.41, 5.74) is 1.80. The number of esters is 1. The lowest BCUT2D eigenvalue weighted by Gasteiger charge is -2.09. The molecule has 146 valence electrons. The largest absolute Gasteiger partial charge is 0.439 e. The van der Waals surface area contributed by atoms with Crippen molar-refractivity contribution in [3.63, 3.8) is 0 Å². The molecule has 2 aromatic heterocycles. The number of hydrogen-bond donors (Lipinski definition) is 0.